The summed E-state index contributed by atoms with van der Waals surface area (Å²) in [6.45, 7) is -0.191. The van der Waals surface area contributed by atoms with Gasteiger partial charge in [-0.1, -0.05) is 18.2 Å². The first-order chi connectivity index (χ1) is 14.0. The number of amides is 1. The number of rotatable bonds is 5. The second-order valence-corrected chi connectivity index (χ2v) is 7.38. The standard InChI is InChI=1S/C20H14F2N4O2S/c21-13-6-5-12(15(22)8-13)7-14-9-24-20(29-14)25-18(27)11-26-17-4-2-1-3-16(17)23-10-19(26)28/h1-6,8-10H,7,11H2,(H,24,25,27). The molecule has 6 nitrogen and oxygen atoms in total. The van der Waals surface area contributed by atoms with E-state index in [0.717, 1.165) is 6.07 Å². The van der Waals surface area contributed by atoms with Crippen LogP contribution in [0.3, 0.4) is 0 Å². The number of benzene rings is 2. The fraction of sp³-hybridized carbons (Fsp3) is 0.100. The van der Waals surface area contributed by atoms with Crippen molar-refractivity contribution in [3.63, 3.8) is 0 Å². The number of hydrogen-bond donors (Lipinski definition) is 1. The third kappa shape index (κ3) is 4.19. The second-order valence-electron chi connectivity index (χ2n) is 6.26. The molecule has 0 aliphatic heterocycles. The predicted molar refractivity (Wildman–Crippen MR) is 106 cm³/mol. The highest BCUT2D eigenvalue weighted by Crippen LogP contribution is 2.23. The van der Waals surface area contributed by atoms with Crippen LogP contribution in [-0.2, 0) is 17.8 Å². The van der Waals surface area contributed by atoms with Gasteiger partial charge < -0.3 is 5.32 Å². The van der Waals surface area contributed by atoms with Gasteiger partial charge in [-0.2, -0.15) is 0 Å². The third-order valence-corrected chi connectivity index (χ3v) is 5.15. The molecule has 9 heteroatoms. The molecule has 29 heavy (non-hydrogen) atoms. The number of carbonyl (C=O) groups is 1. The van der Waals surface area contributed by atoms with Gasteiger partial charge in [-0.25, -0.2) is 18.7 Å². The van der Waals surface area contributed by atoms with E-state index in [1.807, 2.05) is 0 Å². The van der Waals surface area contributed by atoms with Gasteiger partial charge >= 0.3 is 0 Å². The van der Waals surface area contributed by atoms with Crippen LogP contribution in [0.15, 0.2) is 59.7 Å². The quantitative estimate of drug-likeness (QED) is 0.545. The van der Waals surface area contributed by atoms with Crippen LogP contribution in [0.4, 0.5) is 13.9 Å². The number of hydrogen-bond acceptors (Lipinski definition) is 5. The molecule has 2 aromatic heterocycles. The Morgan fingerprint density at radius 1 is 1.10 bits per heavy atom. The molecule has 0 atom stereocenters. The van der Waals surface area contributed by atoms with Crippen molar-refractivity contribution in [1.29, 1.82) is 0 Å². The van der Waals surface area contributed by atoms with Crippen molar-refractivity contribution in [2.45, 2.75) is 13.0 Å². The predicted octanol–water partition coefficient (Wildman–Crippen LogP) is 3.36. The molecule has 0 radical (unpaired) electrons. The van der Waals surface area contributed by atoms with Crippen molar-refractivity contribution in [3.05, 3.63) is 87.3 Å². The lowest BCUT2D eigenvalue weighted by atomic mass is 10.1. The topological polar surface area (TPSA) is 76.9 Å². The fourth-order valence-electron chi connectivity index (χ4n) is 2.88. The van der Waals surface area contributed by atoms with Crippen molar-refractivity contribution in [1.82, 2.24) is 14.5 Å². The van der Waals surface area contributed by atoms with E-state index in [0.29, 0.717) is 26.6 Å². The Morgan fingerprint density at radius 2 is 1.93 bits per heavy atom. The number of thiazole rings is 1. The zero-order valence-electron chi connectivity index (χ0n) is 14.9. The highest BCUT2D eigenvalue weighted by atomic mass is 32.1. The number of nitrogens with zero attached hydrogens (tertiary/aromatic N) is 3. The molecular weight excluding hydrogens is 398 g/mol. The summed E-state index contributed by atoms with van der Waals surface area (Å²) in [5, 5.41) is 2.98. The average molecular weight is 412 g/mol. The maximum atomic E-state index is 13.8. The number of nitrogens with one attached hydrogen (secondary N) is 1. The first-order valence-corrected chi connectivity index (χ1v) is 9.44. The molecule has 0 aliphatic rings. The minimum atomic E-state index is -0.637. The molecule has 0 saturated heterocycles. The minimum absolute atomic E-state index is 0.191. The number of carbonyl (C=O) groups excluding carboxylic acids is 1. The van der Waals surface area contributed by atoms with Gasteiger partial charge in [0.05, 0.1) is 17.2 Å². The smallest absolute Gasteiger partial charge is 0.269 e. The first kappa shape index (κ1) is 18.9. The zero-order chi connectivity index (χ0) is 20.4. The normalized spacial score (nSPS) is 11.0. The van der Waals surface area contributed by atoms with Gasteiger partial charge in [-0.3, -0.25) is 14.2 Å². The number of halogens is 2. The Kier molecular flexibility index (Phi) is 5.13. The van der Waals surface area contributed by atoms with Crippen LogP contribution in [0, 0.1) is 11.6 Å². The van der Waals surface area contributed by atoms with Crippen LogP contribution in [-0.4, -0.2) is 20.4 Å². The molecule has 0 saturated carbocycles. The van der Waals surface area contributed by atoms with Gasteiger partial charge in [-0.05, 0) is 23.8 Å². The summed E-state index contributed by atoms with van der Waals surface area (Å²) in [5.74, 6) is -1.69. The Morgan fingerprint density at radius 3 is 2.76 bits per heavy atom. The highest BCUT2D eigenvalue weighted by molar-refractivity contribution is 7.15. The SMILES string of the molecule is O=C(Cn1c(=O)cnc2ccccc21)Nc1ncc(Cc2ccc(F)cc2F)s1. The number of aromatic nitrogens is 3. The molecular formula is C20H14F2N4O2S. The first-order valence-electron chi connectivity index (χ1n) is 8.62. The molecule has 4 aromatic rings. The van der Waals surface area contributed by atoms with Crippen molar-refractivity contribution in [3.8, 4) is 0 Å². The summed E-state index contributed by atoms with van der Waals surface area (Å²) in [4.78, 5) is 33.4. The summed E-state index contributed by atoms with van der Waals surface area (Å²) >= 11 is 1.18. The Hall–Kier alpha value is -3.46. The van der Waals surface area contributed by atoms with Crippen molar-refractivity contribution < 1.29 is 13.6 Å². The van der Waals surface area contributed by atoms with E-state index in [1.54, 1.807) is 24.3 Å². The number of para-hydroxylation sites is 2. The van der Waals surface area contributed by atoms with E-state index in [9.17, 15) is 18.4 Å². The Bertz CT molecular complexity index is 1270. The van der Waals surface area contributed by atoms with Gasteiger partial charge in [0.25, 0.3) is 5.56 Å². The summed E-state index contributed by atoms with van der Waals surface area (Å²) in [6, 6.07) is 10.4. The number of anilines is 1. The number of fused-ring (bicyclic) bond motifs is 1. The second kappa shape index (κ2) is 7.88. The summed E-state index contributed by atoms with van der Waals surface area (Å²) in [7, 11) is 0. The molecule has 1 N–H and O–H groups in total. The molecule has 0 bridgehead atoms. The van der Waals surface area contributed by atoms with Gasteiger partial charge in [0.15, 0.2) is 5.13 Å². The summed E-state index contributed by atoms with van der Waals surface area (Å²) < 4.78 is 28.1. The fourth-order valence-corrected chi connectivity index (χ4v) is 3.73. The van der Waals surface area contributed by atoms with Crippen molar-refractivity contribution in [2.75, 3.05) is 5.32 Å². The molecule has 0 aliphatic carbocycles. The molecule has 2 heterocycles. The molecule has 0 spiro atoms. The van der Waals surface area contributed by atoms with Crippen LogP contribution in [0.2, 0.25) is 0 Å². The van der Waals surface area contributed by atoms with Gasteiger partial charge in [0, 0.05) is 23.6 Å². The van der Waals surface area contributed by atoms with Crippen LogP contribution >= 0.6 is 11.3 Å². The maximum absolute atomic E-state index is 13.8. The van der Waals surface area contributed by atoms with E-state index in [1.165, 1.54) is 40.4 Å². The lowest BCUT2D eigenvalue weighted by Gasteiger charge is -2.08. The highest BCUT2D eigenvalue weighted by Gasteiger charge is 2.12. The van der Waals surface area contributed by atoms with Crippen LogP contribution in [0.5, 0.6) is 0 Å². The zero-order valence-corrected chi connectivity index (χ0v) is 15.7. The molecule has 146 valence electrons. The van der Waals surface area contributed by atoms with E-state index in [2.05, 4.69) is 15.3 Å². The van der Waals surface area contributed by atoms with E-state index < -0.39 is 17.5 Å². The van der Waals surface area contributed by atoms with E-state index in [4.69, 9.17) is 0 Å². The van der Waals surface area contributed by atoms with Crippen LogP contribution in [0.25, 0.3) is 11.0 Å². The van der Waals surface area contributed by atoms with Gasteiger partial charge in [0.1, 0.15) is 18.2 Å². The molecule has 0 fully saturated rings. The Balaban J connectivity index is 1.48. The van der Waals surface area contributed by atoms with Crippen LogP contribution in [0.1, 0.15) is 10.4 Å². The van der Waals surface area contributed by atoms with Crippen molar-refractivity contribution >= 4 is 33.4 Å². The lowest BCUT2D eigenvalue weighted by Crippen LogP contribution is -2.27. The lowest BCUT2D eigenvalue weighted by molar-refractivity contribution is -0.116. The summed E-state index contributed by atoms with van der Waals surface area (Å²) in [6.07, 6.45) is 2.93. The molecule has 4 rings (SSSR count). The molecule has 2 aromatic carbocycles. The van der Waals surface area contributed by atoms with Gasteiger partial charge in [-0.15, -0.1) is 11.3 Å². The average Bonchev–Trinajstić information content (AvgIpc) is 3.13. The van der Waals surface area contributed by atoms with Crippen LogP contribution < -0.4 is 10.9 Å². The molecule has 0 unspecified atom stereocenters. The van der Waals surface area contributed by atoms with E-state index in [-0.39, 0.29) is 18.5 Å². The third-order valence-electron chi connectivity index (χ3n) is 4.23. The van der Waals surface area contributed by atoms with Crippen molar-refractivity contribution in [2.24, 2.45) is 0 Å². The minimum Gasteiger partial charge on any atom is -0.300 e. The largest absolute Gasteiger partial charge is 0.300 e. The van der Waals surface area contributed by atoms with Gasteiger partial charge in [0.2, 0.25) is 5.91 Å². The summed E-state index contributed by atoms with van der Waals surface area (Å²) in [5.41, 5.74) is 1.12. The molecule has 1 amide bonds. The monoisotopic (exact) mass is 412 g/mol. The Labute approximate surface area is 167 Å². The maximum Gasteiger partial charge on any atom is 0.269 e. The van der Waals surface area contributed by atoms with E-state index >= 15 is 0 Å².